The highest BCUT2D eigenvalue weighted by atomic mass is 35.5. The Labute approximate surface area is 165 Å². The molecule has 1 amide bonds. The molecule has 142 valence electrons. The Bertz CT molecular complexity index is 712. The number of carbonyl (C=O) groups excluding carboxylic acids is 1. The molecule has 7 heteroatoms. The topological polar surface area (TPSA) is 58.4 Å². The van der Waals surface area contributed by atoms with Gasteiger partial charge < -0.3 is 16.0 Å². The maximum atomic E-state index is 13.4. The summed E-state index contributed by atoms with van der Waals surface area (Å²) in [4.78, 5) is 14.4. The predicted molar refractivity (Wildman–Crippen MR) is 109 cm³/mol. The van der Waals surface area contributed by atoms with Crippen molar-refractivity contribution in [3.8, 4) is 0 Å². The van der Waals surface area contributed by atoms with Crippen molar-refractivity contribution in [2.45, 2.75) is 25.3 Å². The molecular formula is C19H24Cl2FN3O. The number of amides is 1. The van der Waals surface area contributed by atoms with Crippen LogP contribution in [0.25, 0.3) is 0 Å². The number of hydrogen-bond acceptors (Lipinski definition) is 3. The van der Waals surface area contributed by atoms with Gasteiger partial charge in [-0.2, -0.15) is 0 Å². The number of nitrogens with two attached hydrogens (primary N) is 1. The van der Waals surface area contributed by atoms with Gasteiger partial charge >= 0.3 is 0 Å². The van der Waals surface area contributed by atoms with E-state index in [1.54, 1.807) is 24.3 Å². The van der Waals surface area contributed by atoms with Gasteiger partial charge in [0.15, 0.2) is 0 Å². The molecule has 0 aliphatic carbocycles. The maximum Gasteiger partial charge on any atom is 0.224 e. The summed E-state index contributed by atoms with van der Waals surface area (Å²) >= 11 is 0. The predicted octanol–water partition coefficient (Wildman–Crippen LogP) is 3.58. The number of nitrogen functional groups attached to an aromatic ring is 1. The average molecular weight is 400 g/mol. The number of rotatable bonds is 4. The lowest BCUT2D eigenvalue weighted by molar-refractivity contribution is -0.121. The SMILES string of the molecule is Cl.Cl.Nc1ccc(CC(=O)NC2CCCN(c3cccc(F)c3)C2)cc1. The quantitative estimate of drug-likeness (QED) is 0.772. The molecular weight excluding hydrogens is 376 g/mol. The van der Waals surface area contributed by atoms with E-state index in [4.69, 9.17) is 5.73 Å². The number of nitrogens with zero attached hydrogens (tertiary/aromatic N) is 1. The van der Waals surface area contributed by atoms with Crippen molar-refractivity contribution < 1.29 is 9.18 Å². The molecule has 3 rings (SSSR count). The molecule has 0 saturated carbocycles. The van der Waals surface area contributed by atoms with Crippen molar-refractivity contribution >= 4 is 42.1 Å². The van der Waals surface area contributed by atoms with Gasteiger partial charge in [0.25, 0.3) is 0 Å². The summed E-state index contributed by atoms with van der Waals surface area (Å²) in [6.07, 6.45) is 2.26. The van der Waals surface area contributed by atoms with Crippen LogP contribution in [0.1, 0.15) is 18.4 Å². The van der Waals surface area contributed by atoms with Crippen molar-refractivity contribution in [1.29, 1.82) is 0 Å². The molecule has 0 spiro atoms. The Morgan fingerprint density at radius 1 is 1.19 bits per heavy atom. The molecule has 1 fully saturated rings. The number of hydrogen-bond donors (Lipinski definition) is 2. The molecule has 3 N–H and O–H groups in total. The number of piperidine rings is 1. The van der Waals surface area contributed by atoms with Crippen molar-refractivity contribution in [3.63, 3.8) is 0 Å². The zero-order valence-corrected chi connectivity index (χ0v) is 16.0. The van der Waals surface area contributed by atoms with Gasteiger partial charge in [0.1, 0.15) is 5.82 Å². The maximum absolute atomic E-state index is 13.4. The van der Waals surface area contributed by atoms with E-state index >= 15 is 0 Å². The molecule has 26 heavy (non-hydrogen) atoms. The lowest BCUT2D eigenvalue weighted by Gasteiger charge is -2.34. The largest absolute Gasteiger partial charge is 0.399 e. The number of anilines is 2. The highest BCUT2D eigenvalue weighted by molar-refractivity contribution is 5.85. The first-order valence-electron chi connectivity index (χ1n) is 8.24. The van der Waals surface area contributed by atoms with Crippen LogP contribution in [-0.2, 0) is 11.2 Å². The Morgan fingerprint density at radius 3 is 2.62 bits per heavy atom. The van der Waals surface area contributed by atoms with Crippen LogP contribution in [0.2, 0.25) is 0 Å². The van der Waals surface area contributed by atoms with E-state index in [-0.39, 0.29) is 42.6 Å². The van der Waals surface area contributed by atoms with Gasteiger partial charge in [0.05, 0.1) is 6.42 Å². The second kappa shape index (κ2) is 10.2. The summed E-state index contributed by atoms with van der Waals surface area (Å²) in [6.45, 7) is 1.59. The fourth-order valence-corrected chi connectivity index (χ4v) is 3.10. The molecule has 0 aromatic heterocycles. The third kappa shape index (κ3) is 6.07. The third-order valence-electron chi connectivity index (χ3n) is 4.30. The van der Waals surface area contributed by atoms with E-state index in [1.807, 2.05) is 18.2 Å². The standard InChI is InChI=1S/C19H22FN3O.2ClH/c20-15-3-1-5-18(12-15)23-10-2-4-17(13-23)22-19(24)11-14-6-8-16(21)9-7-14;;/h1,3,5-9,12,17H,2,4,10-11,13,21H2,(H,22,24);2*1H. The normalized spacial score (nSPS) is 16.2. The zero-order valence-electron chi connectivity index (χ0n) is 14.4. The van der Waals surface area contributed by atoms with Crippen LogP contribution >= 0.6 is 24.8 Å². The molecule has 0 radical (unpaired) electrons. The molecule has 1 aliphatic rings. The van der Waals surface area contributed by atoms with Gasteiger partial charge in [0, 0.05) is 30.5 Å². The molecule has 2 aromatic carbocycles. The Balaban J connectivity index is 0.00000169. The molecule has 1 heterocycles. The number of nitrogens with one attached hydrogen (secondary N) is 1. The summed E-state index contributed by atoms with van der Waals surface area (Å²) < 4.78 is 13.4. The minimum atomic E-state index is -0.234. The number of carbonyl (C=O) groups is 1. The van der Waals surface area contributed by atoms with Crippen LogP contribution in [0.4, 0.5) is 15.8 Å². The number of benzene rings is 2. The Morgan fingerprint density at radius 2 is 1.92 bits per heavy atom. The van der Waals surface area contributed by atoms with Crippen LogP contribution < -0.4 is 16.0 Å². The van der Waals surface area contributed by atoms with Crippen molar-refractivity contribution in [2.75, 3.05) is 23.7 Å². The van der Waals surface area contributed by atoms with Crippen LogP contribution in [0.5, 0.6) is 0 Å². The van der Waals surface area contributed by atoms with E-state index in [9.17, 15) is 9.18 Å². The molecule has 1 aliphatic heterocycles. The van der Waals surface area contributed by atoms with Gasteiger partial charge in [0.2, 0.25) is 5.91 Å². The molecule has 1 atom stereocenters. The Hall–Kier alpha value is -1.98. The minimum Gasteiger partial charge on any atom is -0.399 e. The summed E-state index contributed by atoms with van der Waals surface area (Å²) in [5.41, 5.74) is 8.16. The summed E-state index contributed by atoms with van der Waals surface area (Å²) in [7, 11) is 0. The average Bonchev–Trinajstić information content (AvgIpc) is 2.57. The molecule has 4 nitrogen and oxygen atoms in total. The fourth-order valence-electron chi connectivity index (χ4n) is 3.10. The first-order valence-corrected chi connectivity index (χ1v) is 8.24. The molecule has 1 saturated heterocycles. The van der Waals surface area contributed by atoms with Crippen LogP contribution in [0.15, 0.2) is 48.5 Å². The van der Waals surface area contributed by atoms with Gasteiger partial charge in [-0.1, -0.05) is 18.2 Å². The van der Waals surface area contributed by atoms with Crippen LogP contribution in [0.3, 0.4) is 0 Å². The summed E-state index contributed by atoms with van der Waals surface area (Å²) in [6, 6.07) is 14.0. The third-order valence-corrected chi connectivity index (χ3v) is 4.30. The first-order chi connectivity index (χ1) is 11.6. The second-order valence-corrected chi connectivity index (χ2v) is 6.25. The first kappa shape index (κ1) is 22.1. The van der Waals surface area contributed by atoms with Crippen LogP contribution in [-0.4, -0.2) is 25.0 Å². The van der Waals surface area contributed by atoms with E-state index in [0.29, 0.717) is 18.7 Å². The van der Waals surface area contributed by atoms with E-state index in [2.05, 4.69) is 10.2 Å². The fraction of sp³-hybridized carbons (Fsp3) is 0.316. The minimum absolute atomic E-state index is 0. The highest BCUT2D eigenvalue weighted by Gasteiger charge is 2.21. The van der Waals surface area contributed by atoms with Gasteiger partial charge in [-0.25, -0.2) is 4.39 Å². The van der Waals surface area contributed by atoms with E-state index in [0.717, 1.165) is 30.6 Å². The molecule has 0 bridgehead atoms. The number of halogens is 3. The second-order valence-electron chi connectivity index (χ2n) is 6.25. The highest BCUT2D eigenvalue weighted by Crippen LogP contribution is 2.20. The lowest BCUT2D eigenvalue weighted by Crippen LogP contribution is -2.48. The van der Waals surface area contributed by atoms with Crippen molar-refractivity contribution in [3.05, 3.63) is 59.9 Å². The summed E-state index contributed by atoms with van der Waals surface area (Å²) in [5.74, 6) is -0.229. The lowest BCUT2D eigenvalue weighted by atomic mass is 10.0. The Kier molecular flexibility index (Phi) is 8.69. The smallest absolute Gasteiger partial charge is 0.224 e. The summed E-state index contributed by atoms with van der Waals surface area (Å²) in [5, 5.41) is 3.09. The van der Waals surface area contributed by atoms with Crippen molar-refractivity contribution in [1.82, 2.24) is 5.32 Å². The van der Waals surface area contributed by atoms with Crippen LogP contribution in [0, 0.1) is 5.82 Å². The molecule has 2 aromatic rings. The zero-order chi connectivity index (χ0) is 16.9. The monoisotopic (exact) mass is 399 g/mol. The molecule has 1 unspecified atom stereocenters. The van der Waals surface area contributed by atoms with Gasteiger partial charge in [-0.15, -0.1) is 24.8 Å². The van der Waals surface area contributed by atoms with E-state index < -0.39 is 0 Å². The van der Waals surface area contributed by atoms with E-state index in [1.165, 1.54) is 6.07 Å². The van der Waals surface area contributed by atoms with Gasteiger partial charge in [-0.05, 0) is 48.7 Å². The van der Waals surface area contributed by atoms with Crippen molar-refractivity contribution in [2.24, 2.45) is 0 Å². The van der Waals surface area contributed by atoms with Gasteiger partial charge in [-0.3, -0.25) is 4.79 Å².